The maximum Gasteiger partial charge on any atom is 0.219 e. The van der Waals surface area contributed by atoms with Crippen molar-refractivity contribution in [2.24, 2.45) is 0 Å². The van der Waals surface area contributed by atoms with Crippen LogP contribution in [-0.2, 0) is 4.79 Å². The summed E-state index contributed by atoms with van der Waals surface area (Å²) in [6, 6.07) is 0.234. The minimum atomic E-state index is 0.114. The van der Waals surface area contributed by atoms with Crippen LogP contribution >= 0.6 is 0 Å². The van der Waals surface area contributed by atoms with Crippen molar-refractivity contribution in [1.29, 1.82) is 0 Å². The molecule has 0 aliphatic carbocycles. The quantitative estimate of drug-likeness (QED) is 0.588. The summed E-state index contributed by atoms with van der Waals surface area (Å²) in [6.07, 6.45) is 0.564. The van der Waals surface area contributed by atoms with Gasteiger partial charge in [0.25, 0.3) is 0 Å². The Bertz CT molecular complexity index is 104. The van der Waals surface area contributed by atoms with Crippen LogP contribution in [0.15, 0.2) is 0 Å². The van der Waals surface area contributed by atoms with Gasteiger partial charge in [-0.25, -0.2) is 0 Å². The molecular weight excluding hydrogens is 128 g/mol. The Hall–Kier alpha value is -0.570. The van der Waals surface area contributed by atoms with E-state index in [4.69, 9.17) is 0 Å². The molecule has 0 aromatic rings. The highest BCUT2D eigenvalue weighted by atomic mass is 16.1. The summed E-state index contributed by atoms with van der Waals surface area (Å²) in [5, 5.41) is 5.81. The van der Waals surface area contributed by atoms with E-state index in [1.54, 1.807) is 0 Å². The minimum Gasteiger partial charge on any atom is -0.352 e. The van der Waals surface area contributed by atoms with Gasteiger partial charge in [-0.15, -0.1) is 0 Å². The second kappa shape index (κ2) is 5.23. The zero-order valence-electron chi connectivity index (χ0n) is 6.90. The summed E-state index contributed by atoms with van der Waals surface area (Å²) in [5.41, 5.74) is 0. The first-order valence-electron chi connectivity index (χ1n) is 3.64. The fourth-order valence-electron chi connectivity index (χ4n) is 0.734. The van der Waals surface area contributed by atoms with Gasteiger partial charge >= 0.3 is 0 Å². The molecule has 0 spiro atoms. The molecule has 0 radical (unpaired) electrons. The van der Waals surface area contributed by atoms with Gasteiger partial charge in [0, 0.05) is 19.0 Å². The molecular formula is C7H16N2O. The Morgan fingerprint density at radius 3 is 2.60 bits per heavy atom. The lowest BCUT2D eigenvalue weighted by molar-refractivity contribution is -0.121. The Morgan fingerprint density at radius 1 is 1.60 bits per heavy atom. The SMILES string of the molecule is CCC(=O)N[C@@H](C)CNC. The monoisotopic (exact) mass is 144 g/mol. The zero-order chi connectivity index (χ0) is 7.98. The standard InChI is InChI=1S/C7H16N2O/c1-4-7(10)9-6(2)5-8-3/h6,8H,4-5H2,1-3H3,(H,9,10)/t6-/m0/s1. The molecule has 60 valence electrons. The van der Waals surface area contributed by atoms with Crippen molar-refractivity contribution in [3.63, 3.8) is 0 Å². The second-order valence-electron chi connectivity index (χ2n) is 2.38. The third-order valence-corrected chi connectivity index (χ3v) is 1.24. The van der Waals surface area contributed by atoms with E-state index in [-0.39, 0.29) is 11.9 Å². The van der Waals surface area contributed by atoms with Gasteiger partial charge in [0.05, 0.1) is 0 Å². The molecule has 0 unspecified atom stereocenters. The van der Waals surface area contributed by atoms with Gasteiger partial charge in [-0.3, -0.25) is 4.79 Å². The number of carbonyl (C=O) groups is 1. The van der Waals surface area contributed by atoms with Crippen LogP contribution in [0.25, 0.3) is 0 Å². The van der Waals surface area contributed by atoms with E-state index in [9.17, 15) is 4.79 Å². The molecule has 0 aliphatic heterocycles. The maximum atomic E-state index is 10.8. The van der Waals surface area contributed by atoms with Gasteiger partial charge in [0.15, 0.2) is 0 Å². The highest BCUT2D eigenvalue weighted by molar-refractivity contribution is 5.75. The van der Waals surface area contributed by atoms with Crippen molar-refractivity contribution in [2.45, 2.75) is 26.3 Å². The normalized spacial score (nSPS) is 12.7. The Labute approximate surface area is 62.2 Å². The molecule has 0 heterocycles. The number of amides is 1. The summed E-state index contributed by atoms with van der Waals surface area (Å²) >= 11 is 0. The number of likely N-dealkylation sites (N-methyl/N-ethyl adjacent to an activating group) is 1. The number of hydrogen-bond donors (Lipinski definition) is 2. The number of rotatable bonds is 4. The van der Waals surface area contributed by atoms with Crippen LogP contribution in [0.1, 0.15) is 20.3 Å². The van der Waals surface area contributed by atoms with Crippen molar-refractivity contribution in [3.8, 4) is 0 Å². The van der Waals surface area contributed by atoms with Crippen LogP contribution in [0, 0.1) is 0 Å². The fourth-order valence-corrected chi connectivity index (χ4v) is 0.734. The van der Waals surface area contributed by atoms with E-state index in [0.29, 0.717) is 6.42 Å². The largest absolute Gasteiger partial charge is 0.352 e. The molecule has 0 bridgehead atoms. The third kappa shape index (κ3) is 4.32. The van der Waals surface area contributed by atoms with Crippen LogP contribution in [0.4, 0.5) is 0 Å². The molecule has 0 saturated carbocycles. The molecule has 0 rings (SSSR count). The van der Waals surface area contributed by atoms with E-state index in [1.807, 2.05) is 20.9 Å². The smallest absolute Gasteiger partial charge is 0.219 e. The molecule has 3 heteroatoms. The van der Waals surface area contributed by atoms with Crippen LogP contribution in [0.5, 0.6) is 0 Å². The lowest BCUT2D eigenvalue weighted by Gasteiger charge is -2.11. The van der Waals surface area contributed by atoms with E-state index < -0.39 is 0 Å². The lowest BCUT2D eigenvalue weighted by atomic mass is 10.3. The van der Waals surface area contributed by atoms with Gasteiger partial charge < -0.3 is 10.6 Å². The predicted octanol–water partition coefficient (Wildman–Crippen LogP) is 0.120. The summed E-state index contributed by atoms with van der Waals surface area (Å²) in [4.78, 5) is 10.8. The number of hydrogen-bond acceptors (Lipinski definition) is 2. The van der Waals surface area contributed by atoms with E-state index in [0.717, 1.165) is 6.54 Å². The van der Waals surface area contributed by atoms with E-state index >= 15 is 0 Å². The van der Waals surface area contributed by atoms with Crippen molar-refractivity contribution in [2.75, 3.05) is 13.6 Å². The van der Waals surface area contributed by atoms with Crippen molar-refractivity contribution in [1.82, 2.24) is 10.6 Å². The maximum absolute atomic E-state index is 10.8. The Morgan fingerprint density at radius 2 is 2.20 bits per heavy atom. The van der Waals surface area contributed by atoms with Gasteiger partial charge in [0.1, 0.15) is 0 Å². The van der Waals surface area contributed by atoms with Crippen molar-refractivity contribution >= 4 is 5.91 Å². The Kier molecular flexibility index (Phi) is 4.94. The molecule has 0 fully saturated rings. The molecule has 0 aromatic carbocycles. The molecule has 0 aliphatic rings. The topological polar surface area (TPSA) is 41.1 Å². The van der Waals surface area contributed by atoms with Crippen LogP contribution in [-0.4, -0.2) is 25.5 Å². The second-order valence-corrected chi connectivity index (χ2v) is 2.38. The summed E-state index contributed by atoms with van der Waals surface area (Å²) < 4.78 is 0. The first-order valence-corrected chi connectivity index (χ1v) is 3.64. The van der Waals surface area contributed by atoms with Gasteiger partial charge in [0.2, 0.25) is 5.91 Å². The fraction of sp³-hybridized carbons (Fsp3) is 0.857. The molecule has 10 heavy (non-hydrogen) atoms. The molecule has 0 aromatic heterocycles. The summed E-state index contributed by atoms with van der Waals surface area (Å²) in [5.74, 6) is 0.114. The molecule has 3 nitrogen and oxygen atoms in total. The third-order valence-electron chi connectivity index (χ3n) is 1.24. The van der Waals surface area contributed by atoms with Crippen molar-refractivity contribution < 1.29 is 4.79 Å². The van der Waals surface area contributed by atoms with Crippen molar-refractivity contribution in [3.05, 3.63) is 0 Å². The average molecular weight is 144 g/mol. The minimum absolute atomic E-state index is 0.114. The molecule has 0 saturated heterocycles. The average Bonchev–Trinajstić information content (AvgIpc) is 1.88. The van der Waals surface area contributed by atoms with Gasteiger partial charge in [-0.05, 0) is 14.0 Å². The van der Waals surface area contributed by atoms with E-state index in [1.165, 1.54) is 0 Å². The zero-order valence-corrected chi connectivity index (χ0v) is 6.90. The summed E-state index contributed by atoms with van der Waals surface area (Å²) in [6.45, 7) is 4.65. The first-order chi connectivity index (χ1) is 4.70. The number of carbonyl (C=O) groups excluding carboxylic acids is 1. The summed E-state index contributed by atoms with van der Waals surface area (Å²) in [7, 11) is 1.87. The lowest BCUT2D eigenvalue weighted by Crippen LogP contribution is -2.38. The molecule has 1 atom stereocenters. The van der Waals surface area contributed by atoms with Gasteiger partial charge in [-0.2, -0.15) is 0 Å². The van der Waals surface area contributed by atoms with Crippen LogP contribution in [0.3, 0.4) is 0 Å². The molecule has 1 amide bonds. The van der Waals surface area contributed by atoms with Gasteiger partial charge in [-0.1, -0.05) is 6.92 Å². The predicted molar refractivity (Wildman–Crippen MR) is 41.8 cm³/mol. The highest BCUT2D eigenvalue weighted by Gasteiger charge is 2.01. The highest BCUT2D eigenvalue weighted by Crippen LogP contribution is 1.80. The van der Waals surface area contributed by atoms with Crippen LogP contribution < -0.4 is 10.6 Å². The first kappa shape index (κ1) is 9.43. The Balaban J connectivity index is 3.37. The number of nitrogens with one attached hydrogen (secondary N) is 2. The van der Waals surface area contributed by atoms with Crippen LogP contribution in [0.2, 0.25) is 0 Å². The molecule has 2 N–H and O–H groups in total. The van der Waals surface area contributed by atoms with E-state index in [2.05, 4.69) is 10.6 Å².